The largest absolute Gasteiger partial charge is 0.337 e. The first kappa shape index (κ1) is 12.8. The summed E-state index contributed by atoms with van der Waals surface area (Å²) < 4.78 is 1.21. The second-order valence-corrected chi connectivity index (χ2v) is 6.78. The summed E-state index contributed by atoms with van der Waals surface area (Å²) in [6, 6.07) is 12.5. The number of carbonyl (C=O) groups is 1. The van der Waals surface area contributed by atoms with Crippen molar-refractivity contribution in [3.8, 4) is 0 Å². The number of hydrogen-bond acceptors (Lipinski definition) is 3. The molecule has 1 aliphatic heterocycles. The summed E-state index contributed by atoms with van der Waals surface area (Å²) >= 11 is 3.33. The normalized spacial score (nSPS) is 14.2. The van der Waals surface area contributed by atoms with E-state index in [0.29, 0.717) is 5.75 Å². The van der Waals surface area contributed by atoms with Gasteiger partial charge in [0.15, 0.2) is 0 Å². The van der Waals surface area contributed by atoms with Crippen LogP contribution < -0.4 is 0 Å². The summed E-state index contributed by atoms with van der Waals surface area (Å²) in [4.78, 5) is 14.2. The van der Waals surface area contributed by atoms with Gasteiger partial charge in [-0.05, 0) is 29.0 Å². The third kappa shape index (κ3) is 3.01. The topological polar surface area (TPSA) is 20.3 Å². The van der Waals surface area contributed by atoms with Crippen LogP contribution in [-0.2, 0) is 17.8 Å². The van der Waals surface area contributed by atoms with Crippen molar-refractivity contribution < 1.29 is 4.79 Å². The van der Waals surface area contributed by atoms with Crippen molar-refractivity contribution in [3.05, 3.63) is 52.9 Å². The van der Waals surface area contributed by atoms with Crippen molar-refractivity contribution in [1.82, 2.24) is 4.90 Å². The molecule has 3 rings (SSSR count). The molecular formula is C15H15NOS2. The molecule has 2 aromatic rings. The van der Waals surface area contributed by atoms with E-state index in [9.17, 15) is 4.79 Å². The maximum Gasteiger partial charge on any atom is 0.233 e. The van der Waals surface area contributed by atoms with Gasteiger partial charge in [0.05, 0.1) is 9.96 Å². The lowest BCUT2D eigenvalue weighted by molar-refractivity contribution is -0.129. The molecule has 19 heavy (non-hydrogen) atoms. The molecule has 0 saturated heterocycles. The highest BCUT2D eigenvalue weighted by molar-refractivity contribution is 8.01. The molecule has 1 aromatic carbocycles. The first-order chi connectivity index (χ1) is 9.33. The van der Waals surface area contributed by atoms with Crippen molar-refractivity contribution in [2.75, 3.05) is 12.3 Å². The molecule has 1 aliphatic rings. The molecule has 0 N–H and O–H groups in total. The van der Waals surface area contributed by atoms with Gasteiger partial charge in [0.25, 0.3) is 0 Å². The van der Waals surface area contributed by atoms with E-state index in [-0.39, 0.29) is 5.91 Å². The van der Waals surface area contributed by atoms with E-state index in [1.807, 2.05) is 22.4 Å². The first-order valence-corrected chi connectivity index (χ1v) is 8.20. The lowest BCUT2D eigenvalue weighted by atomic mass is 10.00. The number of thioether (sulfide) groups is 1. The number of nitrogens with zero attached hydrogens (tertiary/aromatic N) is 1. The van der Waals surface area contributed by atoms with Crippen LogP contribution in [0.2, 0.25) is 0 Å². The third-order valence-corrected chi connectivity index (χ3v) is 5.43. The summed E-state index contributed by atoms with van der Waals surface area (Å²) in [5.74, 6) is 0.788. The van der Waals surface area contributed by atoms with E-state index < -0.39 is 0 Å². The Labute approximate surface area is 121 Å². The van der Waals surface area contributed by atoms with Gasteiger partial charge in [0.2, 0.25) is 5.91 Å². The summed E-state index contributed by atoms with van der Waals surface area (Å²) in [6.45, 7) is 1.61. The minimum Gasteiger partial charge on any atom is -0.337 e. The average Bonchev–Trinajstić information content (AvgIpc) is 2.97. The zero-order valence-electron chi connectivity index (χ0n) is 10.5. The van der Waals surface area contributed by atoms with E-state index in [1.54, 1.807) is 23.1 Å². The van der Waals surface area contributed by atoms with Crippen LogP contribution in [0.5, 0.6) is 0 Å². The van der Waals surface area contributed by atoms with Crippen molar-refractivity contribution >= 4 is 29.0 Å². The second kappa shape index (κ2) is 5.80. The summed E-state index contributed by atoms with van der Waals surface area (Å²) in [6.07, 6.45) is 0.978. The molecule has 2 nitrogen and oxygen atoms in total. The van der Waals surface area contributed by atoms with Gasteiger partial charge in [-0.3, -0.25) is 4.79 Å². The molecule has 0 saturated carbocycles. The molecule has 0 aliphatic carbocycles. The number of fused-ring (bicyclic) bond motifs is 1. The van der Waals surface area contributed by atoms with Gasteiger partial charge < -0.3 is 4.90 Å². The number of rotatable bonds is 3. The fourth-order valence-electron chi connectivity index (χ4n) is 2.28. The molecule has 98 valence electrons. The number of benzene rings is 1. The molecule has 2 heterocycles. The van der Waals surface area contributed by atoms with Gasteiger partial charge in [0, 0.05) is 13.1 Å². The summed E-state index contributed by atoms with van der Waals surface area (Å²) in [7, 11) is 0. The molecule has 1 amide bonds. The zero-order chi connectivity index (χ0) is 13.1. The average molecular weight is 289 g/mol. The Bertz CT molecular complexity index is 565. The highest BCUT2D eigenvalue weighted by atomic mass is 32.2. The predicted octanol–water partition coefficient (Wildman–Crippen LogP) is 3.43. The number of carbonyl (C=O) groups excluding carboxylic acids is 1. The number of amides is 1. The Morgan fingerprint density at radius 1 is 1.21 bits per heavy atom. The molecular weight excluding hydrogens is 274 g/mol. The zero-order valence-corrected chi connectivity index (χ0v) is 12.2. The van der Waals surface area contributed by atoms with Crippen LogP contribution in [0.1, 0.15) is 11.1 Å². The van der Waals surface area contributed by atoms with Crippen LogP contribution >= 0.6 is 23.1 Å². The number of thiophene rings is 1. The van der Waals surface area contributed by atoms with Crippen molar-refractivity contribution in [1.29, 1.82) is 0 Å². The Kier molecular flexibility index (Phi) is 3.89. The fourth-order valence-corrected chi connectivity index (χ4v) is 3.97. The van der Waals surface area contributed by atoms with Crippen LogP contribution in [0.15, 0.2) is 46.0 Å². The SMILES string of the molecule is O=C(CSc1cccs1)N1CCc2ccccc2C1. The van der Waals surface area contributed by atoms with E-state index in [1.165, 1.54) is 15.3 Å². The Balaban J connectivity index is 1.60. The summed E-state index contributed by atoms with van der Waals surface area (Å²) in [5, 5.41) is 2.05. The second-order valence-electron chi connectivity index (χ2n) is 4.55. The predicted molar refractivity (Wildman–Crippen MR) is 80.6 cm³/mol. The van der Waals surface area contributed by atoms with Crippen LogP contribution in [0.4, 0.5) is 0 Å². The van der Waals surface area contributed by atoms with E-state index in [2.05, 4.69) is 24.3 Å². The van der Waals surface area contributed by atoms with Gasteiger partial charge in [-0.25, -0.2) is 0 Å². The Morgan fingerprint density at radius 2 is 2.05 bits per heavy atom. The van der Waals surface area contributed by atoms with Crippen LogP contribution in [0.25, 0.3) is 0 Å². The van der Waals surface area contributed by atoms with E-state index in [4.69, 9.17) is 0 Å². The van der Waals surface area contributed by atoms with Crippen molar-refractivity contribution in [3.63, 3.8) is 0 Å². The minimum absolute atomic E-state index is 0.243. The van der Waals surface area contributed by atoms with Crippen molar-refractivity contribution in [2.24, 2.45) is 0 Å². The maximum atomic E-state index is 12.2. The minimum atomic E-state index is 0.243. The molecule has 0 bridgehead atoms. The lowest BCUT2D eigenvalue weighted by Gasteiger charge is -2.28. The molecule has 1 aromatic heterocycles. The standard InChI is InChI=1S/C15H15NOS2/c17-14(11-19-15-6-3-9-18-15)16-8-7-12-4-1-2-5-13(12)10-16/h1-6,9H,7-8,10-11H2. The quantitative estimate of drug-likeness (QED) is 0.807. The van der Waals surface area contributed by atoms with E-state index >= 15 is 0 Å². The summed E-state index contributed by atoms with van der Waals surface area (Å²) in [5.41, 5.74) is 2.68. The van der Waals surface area contributed by atoms with Crippen LogP contribution in [0, 0.1) is 0 Å². The van der Waals surface area contributed by atoms with Gasteiger partial charge in [0.1, 0.15) is 0 Å². The molecule has 0 spiro atoms. The van der Waals surface area contributed by atoms with Crippen LogP contribution in [-0.4, -0.2) is 23.1 Å². The maximum absolute atomic E-state index is 12.2. The molecule has 0 unspecified atom stereocenters. The fraction of sp³-hybridized carbons (Fsp3) is 0.267. The molecule has 0 radical (unpaired) electrons. The number of hydrogen-bond donors (Lipinski definition) is 0. The van der Waals surface area contributed by atoms with Gasteiger partial charge in [-0.1, -0.05) is 30.3 Å². The lowest BCUT2D eigenvalue weighted by Crippen LogP contribution is -2.36. The van der Waals surface area contributed by atoms with Crippen LogP contribution in [0.3, 0.4) is 0 Å². The Morgan fingerprint density at radius 3 is 2.84 bits per heavy atom. The van der Waals surface area contributed by atoms with E-state index in [0.717, 1.165) is 19.5 Å². The Hall–Kier alpha value is -1.26. The third-order valence-electron chi connectivity index (χ3n) is 3.32. The highest BCUT2D eigenvalue weighted by Gasteiger charge is 2.20. The van der Waals surface area contributed by atoms with Gasteiger partial charge >= 0.3 is 0 Å². The van der Waals surface area contributed by atoms with Gasteiger partial charge in [-0.2, -0.15) is 0 Å². The molecule has 0 atom stereocenters. The molecule has 4 heteroatoms. The first-order valence-electron chi connectivity index (χ1n) is 6.34. The monoisotopic (exact) mass is 289 g/mol. The van der Waals surface area contributed by atoms with Gasteiger partial charge in [-0.15, -0.1) is 23.1 Å². The smallest absolute Gasteiger partial charge is 0.233 e. The van der Waals surface area contributed by atoms with Crippen molar-refractivity contribution in [2.45, 2.75) is 17.2 Å². The molecule has 0 fully saturated rings. The highest BCUT2D eigenvalue weighted by Crippen LogP contribution is 2.25.